The predicted molar refractivity (Wildman–Crippen MR) is 95.7 cm³/mol. The highest BCUT2D eigenvalue weighted by Crippen LogP contribution is 2.41. The number of nitrogens with one attached hydrogen (secondary N) is 1. The first kappa shape index (κ1) is 14.8. The van der Waals surface area contributed by atoms with Crippen molar-refractivity contribution in [2.24, 2.45) is 0 Å². The minimum absolute atomic E-state index is 0.518. The van der Waals surface area contributed by atoms with Gasteiger partial charge >= 0.3 is 0 Å². The van der Waals surface area contributed by atoms with Crippen molar-refractivity contribution in [2.75, 3.05) is 0 Å². The van der Waals surface area contributed by atoms with Gasteiger partial charge in [0.05, 0.1) is 0 Å². The zero-order chi connectivity index (χ0) is 15.9. The highest BCUT2D eigenvalue weighted by atomic mass is 14.4. The van der Waals surface area contributed by atoms with E-state index in [9.17, 15) is 0 Å². The minimum Gasteiger partial charge on any atom is -0.305 e. The fourth-order valence-electron chi connectivity index (χ4n) is 3.52. The average molecular weight is 289 g/mol. The second-order valence-corrected chi connectivity index (χ2v) is 6.48. The van der Waals surface area contributed by atoms with Gasteiger partial charge < -0.3 is 5.41 Å². The molecule has 2 aromatic rings. The number of rotatable bonds is 3. The Morgan fingerprint density at radius 3 is 2.36 bits per heavy atom. The third-order valence-electron chi connectivity index (χ3n) is 4.70. The summed E-state index contributed by atoms with van der Waals surface area (Å²) in [4.78, 5) is 0. The van der Waals surface area contributed by atoms with Crippen LogP contribution in [0, 0.1) is 5.41 Å². The molecular formula is C21H23N. The third-order valence-corrected chi connectivity index (χ3v) is 4.70. The van der Waals surface area contributed by atoms with Crippen molar-refractivity contribution in [3.8, 4) is 0 Å². The number of benzene rings is 2. The van der Waals surface area contributed by atoms with Crippen LogP contribution in [-0.2, 0) is 6.42 Å². The maximum atomic E-state index is 8.03. The van der Waals surface area contributed by atoms with Crippen molar-refractivity contribution >= 4 is 16.9 Å². The number of hydrogen-bond acceptors (Lipinski definition) is 1. The van der Waals surface area contributed by atoms with E-state index in [1.165, 1.54) is 33.4 Å². The molecule has 1 N–H and O–H groups in total. The van der Waals surface area contributed by atoms with Gasteiger partial charge in [-0.25, -0.2) is 0 Å². The zero-order valence-corrected chi connectivity index (χ0v) is 13.8. The molecule has 2 aromatic carbocycles. The fraction of sp³-hybridized carbons (Fsp3) is 0.286. The Bertz CT molecular complexity index is 778. The van der Waals surface area contributed by atoms with Crippen molar-refractivity contribution in [2.45, 2.75) is 40.0 Å². The van der Waals surface area contributed by atoms with Crippen LogP contribution < -0.4 is 0 Å². The Morgan fingerprint density at radius 1 is 1.00 bits per heavy atom. The highest BCUT2D eigenvalue weighted by molar-refractivity contribution is 6.04. The van der Waals surface area contributed by atoms with Gasteiger partial charge in [-0.05, 0) is 65.1 Å². The van der Waals surface area contributed by atoms with E-state index in [1.54, 1.807) is 0 Å². The van der Waals surface area contributed by atoms with Crippen molar-refractivity contribution in [3.63, 3.8) is 0 Å². The summed E-state index contributed by atoms with van der Waals surface area (Å²) in [5.74, 6) is 0.518. The molecule has 1 heteroatoms. The van der Waals surface area contributed by atoms with Gasteiger partial charge in [-0.1, -0.05) is 56.3 Å². The Morgan fingerprint density at radius 2 is 1.68 bits per heavy atom. The molecule has 22 heavy (non-hydrogen) atoms. The van der Waals surface area contributed by atoms with E-state index in [2.05, 4.69) is 63.2 Å². The molecule has 0 spiro atoms. The van der Waals surface area contributed by atoms with E-state index in [0.29, 0.717) is 11.6 Å². The normalized spacial score (nSPS) is 13.7. The van der Waals surface area contributed by atoms with Gasteiger partial charge in [-0.15, -0.1) is 0 Å². The summed E-state index contributed by atoms with van der Waals surface area (Å²) >= 11 is 0. The Balaban J connectivity index is 2.15. The van der Waals surface area contributed by atoms with Gasteiger partial charge in [0.25, 0.3) is 0 Å². The van der Waals surface area contributed by atoms with Crippen LogP contribution >= 0.6 is 0 Å². The van der Waals surface area contributed by atoms with Gasteiger partial charge in [-0.3, -0.25) is 0 Å². The zero-order valence-electron chi connectivity index (χ0n) is 13.8. The average Bonchev–Trinajstić information content (AvgIpc) is 2.84. The SMILES string of the molecule is CC(=N)c1cccc2c1CC(c1ccccc1C(C)C)=C2C. The van der Waals surface area contributed by atoms with Crippen molar-refractivity contribution in [1.29, 1.82) is 5.41 Å². The lowest BCUT2D eigenvalue weighted by molar-refractivity contribution is 0.862. The summed E-state index contributed by atoms with van der Waals surface area (Å²) in [6, 6.07) is 15.1. The molecule has 0 saturated heterocycles. The van der Waals surface area contributed by atoms with Gasteiger partial charge in [0.1, 0.15) is 0 Å². The first-order valence-corrected chi connectivity index (χ1v) is 7.97. The van der Waals surface area contributed by atoms with E-state index < -0.39 is 0 Å². The van der Waals surface area contributed by atoms with Gasteiger partial charge in [-0.2, -0.15) is 0 Å². The first-order chi connectivity index (χ1) is 10.5. The molecule has 112 valence electrons. The molecule has 3 rings (SSSR count). The van der Waals surface area contributed by atoms with E-state index in [0.717, 1.165) is 12.0 Å². The molecule has 0 amide bonds. The molecule has 0 heterocycles. The van der Waals surface area contributed by atoms with Crippen LogP contribution in [0.15, 0.2) is 42.5 Å². The van der Waals surface area contributed by atoms with E-state index in [-0.39, 0.29) is 0 Å². The van der Waals surface area contributed by atoms with E-state index in [4.69, 9.17) is 5.41 Å². The highest BCUT2D eigenvalue weighted by Gasteiger charge is 2.24. The molecule has 0 atom stereocenters. The molecule has 0 saturated carbocycles. The van der Waals surface area contributed by atoms with Gasteiger partial charge in [0, 0.05) is 5.71 Å². The monoisotopic (exact) mass is 289 g/mol. The second-order valence-electron chi connectivity index (χ2n) is 6.48. The Labute approximate surface area is 133 Å². The molecule has 0 radical (unpaired) electrons. The summed E-state index contributed by atoms with van der Waals surface area (Å²) in [7, 11) is 0. The quantitative estimate of drug-likeness (QED) is 0.702. The lowest BCUT2D eigenvalue weighted by Crippen LogP contribution is -2.00. The van der Waals surface area contributed by atoms with Crippen LogP contribution in [-0.4, -0.2) is 5.71 Å². The molecule has 1 nitrogen and oxygen atoms in total. The fourth-order valence-corrected chi connectivity index (χ4v) is 3.52. The van der Waals surface area contributed by atoms with Crippen LogP contribution in [0.4, 0.5) is 0 Å². The van der Waals surface area contributed by atoms with Crippen molar-refractivity contribution in [1.82, 2.24) is 0 Å². The van der Waals surface area contributed by atoms with Crippen molar-refractivity contribution < 1.29 is 0 Å². The lowest BCUT2D eigenvalue weighted by atomic mass is 9.90. The molecule has 0 fully saturated rings. The molecular weight excluding hydrogens is 266 g/mol. The molecule has 0 aromatic heterocycles. The molecule has 0 bridgehead atoms. The van der Waals surface area contributed by atoms with Gasteiger partial charge in [0.15, 0.2) is 0 Å². The predicted octanol–water partition coefficient (Wildman–Crippen LogP) is 5.68. The molecule has 0 aliphatic heterocycles. The summed E-state index contributed by atoms with van der Waals surface area (Å²) in [5, 5.41) is 8.03. The maximum absolute atomic E-state index is 8.03. The Hall–Kier alpha value is -2.15. The first-order valence-electron chi connectivity index (χ1n) is 7.97. The van der Waals surface area contributed by atoms with E-state index >= 15 is 0 Å². The number of hydrogen-bond donors (Lipinski definition) is 1. The maximum Gasteiger partial charge on any atom is 0.0358 e. The molecule has 1 aliphatic rings. The van der Waals surface area contributed by atoms with Crippen LogP contribution in [0.25, 0.3) is 11.1 Å². The van der Waals surface area contributed by atoms with Crippen LogP contribution in [0.1, 0.15) is 61.4 Å². The van der Waals surface area contributed by atoms with Crippen LogP contribution in [0.3, 0.4) is 0 Å². The summed E-state index contributed by atoms with van der Waals surface area (Å²) in [6.07, 6.45) is 0.942. The smallest absolute Gasteiger partial charge is 0.0358 e. The largest absolute Gasteiger partial charge is 0.305 e. The summed E-state index contributed by atoms with van der Waals surface area (Å²) in [6.45, 7) is 8.61. The lowest BCUT2D eigenvalue weighted by Gasteiger charge is -2.14. The summed E-state index contributed by atoms with van der Waals surface area (Å²) in [5.41, 5.74) is 9.97. The van der Waals surface area contributed by atoms with Crippen LogP contribution in [0.2, 0.25) is 0 Å². The van der Waals surface area contributed by atoms with E-state index in [1.807, 2.05) is 6.92 Å². The standard InChI is InChI=1S/C21H23N/c1-13(2)16-8-5-6-9-19(16)20-12-21-17(14(20)3)10-7-11-18(21)15(4)22/h5-11,13,22H,12H2,1-4H3. The molecule has 0 unspecified atom stereocenters. The minimum atomic E-state index is 0.518. The summed E-state index contributed by atoms with van der Waals surface area (Å²) < 4.78 is 0. The third kappa shape index (κ3) is 2.31. The van der Waals surface area contributed by atoms with Gasteiger partial charge in [0.2, 0.25) is 0 Å². The Kier molecular flexibility index (Phi) is 3.74. The topological polar surface area (TPSA) is 23.9 Å². The van der Waals surface area contributed by atoms with Crippen molar-refractivity contribution in [3.05, 3.63) is 70.3 Å². The number of allylic oxidation sites excluding steroid dienone is 2. The number of fused-ring (bicyclic) bond motifs is 1. The van der Waals surface area contributed by atoms with Crippen LogP contribution in [0.5, 0.6) is 0 Å². The molecule has 1 aliphatic carbocycles. The second kappa shape index (κ2) is 5.57.